The van der Waals surface area contributed by atoms with Crippen LogP contribution in [0.3, 0.4) is 0 Å². The van der Waals surface area contributed by atoms with Crippen molar-refractivity contribution >= 4 is 35.0 Å². The highest BCUT2D eigenvalue weighted by Crippen LogP contribution is 2.51. The summed E-state index contributed by atoms with van der Waals surface area (Å²) in [6.45, 7) is 0. The predicted molar refractivity (Wildman–Crippen MR) is 128 cm³/mol. The van der Waals surface area contributed by atoms with Gasteiger partial charge in [-0.1, -0.05) is 65.8 Å². The number of benzene rings is 3. The summed E-state index contributed by atoms with van der Waals surface area (Å²) >= 11 is 7.84. The number of rotatable bonds is 3. The second-order valence-electron chi connectivity index (χ2n) is 7.83. The Morgan fingerprint density at radius 1 is 1.03 bits per heavy atom. The van der Waals surface area contributed by atoms with Crippen LogP contribution >= 0.6 is 23.4 Å². The monoisotopic (exact) mass is 476 g/mol. The zero-order valence-electron chi connectivity index (χ0n) is 17.5. The van der Waals surface area contributed by atoms with Crippen molar-refractivity contribution in [2.45, 2.75) is 17.3 Å². The van der Waals surface area contributed by atoms with Gasteiger partial charge in [0.1, 0.15) is 23.7 Å². The molecule has 0 saturated heterocycles. The van der Waals surface area contributed by atoms with Crippen LogP contribution in [0.4, 0.5) is 10.3 Å². The Balaban J connectivity index is 1.64. The molecule has 0 spiro atoms. The summed E-state index contributed by atoms with van der Waals surface area (Å²) in [5.74, 6) is 1.06. The molecule has 0 aliphatic carbocycles. The zero-order valence-corrected chi connectivity index (χ0v) is 19.1. The lowest BCUT2D eigenvalue weighted by molar-refractivity contribution is 0.223. The second-order valence-corrected chi connectivity index (χ2v) is 9.03. The maximum atomic E-state index is 13.8. The van der Waals surface area contributed by atoms with E-state index in [1.165, 1.54) is 23.9 Å². The number of thioether (sulfide) groups is 1. The lowest BCUT2D eigenvalue weighted by atomic mass is 9.84. The third kappa shape index (κ3) is 3.39. The number of nitrogens with zero attached hydrogens (tertiary/aromatic N) is 3. The molecule has 0 amide bonds. The number of fused-ring (bicyclic) bond motifs is 3. The van der Waals surface area contributed by atoms with E-state index in [1.54, 1.807) is 12.1 Å². The molecule has 2 aliphatic heterocycles. The Bertz CT molecular complexity index is 1390. The van der Waals surface area contributed by atoms with Crippen LogP contribution < -0.4 is 10.1 Å². The van der Waals surface area contributed by atoms with Gasteiger partial charge in [-0.25, -0.2) is 9.07 Å². The molecule has 8 heteroatoms. The van der Waals surface area contributed by atoms with E-state index < -0.39 is 0 Å². The average Bonchev–Trinajstić information content (AvgIpc) is 3.26. The topological polar surface area (TPSA) is 52.0 Å². The largest absolute Gasteiger partial charge is 0.480 e. The van der Waals surface area contributed by atoms with Crippen LogP contribution in [0.2, 0.25) is 5.02 Å². The van der Waals surface area contributed by atoms with Gasteiger partial charge in [-0.05, 0) is 47.7 Å². The first-order chi connectivity index (χ1) is 16.1. The molecule has 5 nitrogen and oxygen atoms in total. The molecule has 0 radical (unpaired) electrons. The van der Waals surface area contributed by atoms with Gasteiger partial charge >= 0.3 is 0 Å². The molecule has 3 heterocycles. The number of halogens is 2. The number of ether oxygens (including phenoxy) is 1. The third-order valence-corrected chi connectivity index (χ3v) is 6.66. The van der Waals surface area contributed by atoms with Crippen molar-refractivity contribution in [2.75, 3.05) is 11.6 Å². The van der Waals surface area contributed by atoms with Gasteiger partial charge in [0.2, 0.25) is 11.1 Å². The molecule has 2 atom stereocenters. The SMILES string of the molecule is CSc1nc2n(n1)C(c1ccc(F)cc1)C1=C(N2)c2cc(Cl)ccc2OC1c1ccccc1. The van der Waals surface area contributed by atoms with E-state index >= 15 is 0 Å². The van der Waals surface area contributed by atoms with E-state index in [0.717, 1.165) is 33.7 Å². The summed E-state index contributed by atoms with van der Waals surface area (Å²) in [6, 6.07) is 21.8. The van der Waals surface area contributed by atoms with Crippen molar-refractivity contribution in [3.63, 3.8) is 0 Å². The van der Waals surface area contributed by atoms with Crippen molar-refractivity contribution in [3.8, 4) is 5.75 Å². The van der Waals surface area contributed by atoms with E-state index in [9.17, 15) is 4.39 Å². The van der Waals surface area contributed by atoms with E-state index in [2.05, 4.69) is 10.3 Å². The normalized spacial score (nSPS) is 18.6. The molecule has 164 valence electrons. The van der Waals surface area contributed by atoms with Crippen LogP contribution in [0.5, 0.6) is 5.75 Å². The molecule has 1 aromatic heterocycles. The molecule has 6 rings (SSSR count). The van der Waals surface area contributed by atoms with Gasteiger partial charge in [-0.15, -0.1) is 5.10 Å². The van der Waals surface area contributed by atoms with Crippen LogP contribution in [-0.2, 0) is 0 Å². The van der Waals surface area contributed by atoms with Gasteiger partial charge in [0, 0.05) is 16.2 Å². The van der Waals surface area contributed by atoms with Crippen molar-refractivity contribution in [1.82, 2.24) is 14.8 Å². The van der Waals surface area contributed by atoms with E-state index in [1.807, 2.05) is 59.5 Å². The highest BCUT2D eigenvalue weighted by Gasteiger charge is 2.41. The molecule has 0 saturated carbocycles. The molecule has 1 N–H and O–H groups in total. The molecule has 33 heavy (non-hydrogen) atoms. The van der Waals surface area contributed by atoms with E-state index in [0.29, 0.717) is 16.1 Å². The lowest BCUT2D eigenvalue weighted by Crippen LogP contribution is -2.32. The number of aromatic nitrogens is 3. The molecule has 2 aliphatic rings. The Morgan fingerprint density at radius 3 is 2.58 bits per heavy atom. The average molecular weight is 477 g/mol. The fourth-order valence-corrected chi connectivity index (χ4v) is 4.96. The van der Waals surface area contributed by atoms with Gasteiger partial charge in [-0.2, -0.15) is 4.98 Å². The second kappa shape index (κ2) is 7.93. The minimum Gasteiger partial charge on any atom is -0.480 e. The zero-order chi connectivity index (χ0) is 22.5. The predicted octanol–water partition coefficient (Wildman–Crippen LogP) is 6.35. The first-order valence-corrected chi connectivity index (χ1v) is 12.0. The molecule has 0 fully saturated rings. The van der Waals surface area contributed by atoms with Crippen molar-refractivity contribution in [2.24, 2.45) is 0 Å². The summed E-state index contributed by atoms with van der Waals surface area (Å²) in [7, 11) is 0. The number of hydrogen-bond acceptors (Lipinski definition) is 5. The van der Waals surface area contributed by atoms with Gasteiger partial charge in [0.15, 0.2) is 0 Å². The lowest BCUT2D eigenvalue weighted by Gasteiger charge is -2.39. The van der Waals surface area contributed by atoms with E-state index in [4.69, 9.17) is 21.4 Å². The smallest absolute Gasteiger partial charge is 0.227 e. The van der Waals surface area contributed by atoms with Crippen LogP contribution in [0, 0.1) is 5.82 Å². The highest BCUT2D eigenvalue weighted by molar-refractivity contribution is 7.98. The standard InChI is InChI=1S/C25H18ClFN4OS/c1-33-25-29-24-28-21-18-13-16(26)9-12-19(18)32-23(15-5-3-2-4-6-15)20(21)22(31(24)30-25)14-7-10-17(27)11-8-14/h2-13,22-23H,1H3,(H,28,29,30). The summed E-state index contributed by atoms with van der Waals surface area (Å²) in [4.78, 5) is 4.67. The van der Waals surface area contributed by atoms with Crippen molar-refractivity contribution in [1.29, 1.82) is 0 Å². The third-order valence-electron chi connectivity index (χ3n) is 5.89. The van der Waals surface area contributed by atoms with Gasteiger partial charge in [0.25, 0.3) is 0 Å². The van der Waals surface area contributed by atoms with E-state index in [-0.39, 0.29) is 18.0 Å². The Kier molecular flexibility index (Phi) is 4.89. The van der Waals surface area contributed by atoms with Crippen LogP contribution in [0.1, 0.15) is 28.8 Å². The summed E-state index contributed by atoms with van der Waals surface area (Å²) in [5.41, 5.74) is 4.60. The number of anilines is 1. The molecule has 0 bridgehead atoms. The maximum Gasteiger partial charge on any atom is 0.227 e. The Morgan fingerprint density at radius 2 is 1.82 bits per heavy atom. The molecule has 4 aromatic rings. The molecule has 2 unspecified atom stereocenters. The summed E-state index contributed by atoms with van der Waals surface area (Å²) in [6.07, 6.45) is 1.56. The molecular weight excluding hydrogens is 459 g/mol. The first-order valence-electron chi connectivity index (χ1n) is 10.4. The van der Waals surface area contributed by atoms with Gasteiger partial charge in [0.05, 0.1) is 5.70 Å². The van der Waals surface area contributed by atoms with Crippen LogP contribution in [-0.4, -0.2) is 21.0 Å². The summed E-state index contributed by atoms with van der Waals surface area (Å²) < 4.78 is 22.2. The molecule has 3 aromatic carbocycles. The van der Waals surface area contributed by atoms with Gasteiger partial charge < -0.3 is 10.1 Å². The Labute approximate surface area is 199 Å². The van der Waals surface area contributed by atoms with Crippen molar-refractivity contribution in [3.05, 3.63) is 106 Å². The Hall–Kier alpha value is -3.29. The molecular formula is C25H18ClFN4OS. The minimum absolute atomic E-state index is 0.290. The highest BCUT2D eigenvalue weighted by atomic mass is 35.5. The quantitative estimate of drug-likeness (QED) is 0.349. The fraction of sp³-hybridized carbons (Fsp3) is 0.120. The number of nitrogens with one attached hydrogen (secondary N) is 1. The van der Waals surface area contributed by atoms with Crippen molar-refractivity contribution < 1.29 is 9.13 Å². The maximum absolute atomic E-state index is 13.8. The fourth-order valence-electron chi connectivity index (χ4n) is 4.44. The number of hydrogen-bond donors (Lipinski definition) is 1. The van der Waals surface area contributed by atoms with Crippen LogP contribution in [0.25, 0.3) is 5.70 Å². The first kappa shape index (κ1) is 20.3. The minimum atomic E-state index is -0.382. The summed E-state index contributed by atoms with van der Waals surface area (Å²) in [5, 5.41) is 9.49. The van der Waals surface area contributed by atoms with Crippen LogP contribution in [0.15, 0.2) is 83.5 Å². The van der Waals surface area contributed by atoms with Gasteiger partial charge in [-0.3, -0.25) is 0 Å².